The Hall–Kier alpha value is -0.650. The predicted molar refractivity (Wildman–Crippen MR) is 66.3 cm³/mol. The van der Waals surface area contributed by atoms with Crippen molar-refractivity contribution in [3.63, 3.8) is 0 Å². The quantitative estimate of drug-likeness (QED) is 0.723. The smallest absolute Gasteiger partial charge is 0.251 e. The van der Waals surface area contributed by atoms with E-state index < -0.39 is 0 Å². The molecule has 1 atom stereocenters. The van der Waals surface area contributed by atoms with Crippen molar-refractivity contribution in [1.29, 1.82) is 0 Å². The van der Waals surface area contributed by atoms with Crippen LogP contribution in [-0.4, -0.2) is 61.9 Å². The zero-order chi connectivity index (χ0) is 12.4. The van der Waals surface area contributed by atoms with Crippen LogP contribution in [0.3, 0.4) is 0 Å². The fourth-order valence-corrected chi connectivity index (χ4v) is 3.14. The number of ether oxygens (including phenoxy) is 2. The minimum absolute atomic E-state index is 0.0223. The van der Waals surface area contributed by atoms with Gasteiger partial charge in [-0.3, -0.25) is 4.79 Å². The van der Waals surface area contributed by atoms with E-state index in [4.69, 9.17) is 9.47 Å². The molecule has 3 aliphatic rings. The predicted octanol–water partition coefficient (Wildman–Crippen LogP) is 0.146. The van der Waals surface area contributed by atoms with Crippen molar-refractivity contribution >= 4 is 5.91 Å². The van der Waals surface area contributed by atoms with Crippen LogP contribution in [0.25, 0.3) is 0 Å². The van der Waals surface area contributed by atoms with Gasteiger partial charge in [-0.05, 0) is 25.7 Å². The van der Waals surface area contributed by atoms with Gasteiger partial charge in [0, 0.05) is 32.8 Å². The molecule has 3 aliphatic heterocycles. The lowest BCUT2D eigenvalue weighted by Gasteiger charge is -2.44. The molecule has 0 aromatic carbocycles. The molecule has 5 heteroatoms. The van der Waals surface area contributed by atoms with Crippen LogP contribution < -0.4 is 5.32 Å². The van der Waals surface area contributed by atoms with Crippen molar-refractivity contribution in [2.75, 3.05) is 39.4 Å². The number of nitrogens with one attached hydrogen (secondary N) is 1. The molecule has 0 aliphatic carbocycles. The lowest BCUT2D eigenvalue weighted by molar-refractivity contribution is -0.149. The summed E-state index contributed by atoms with van der Waals surface area (Å²) in [6.45, 7) is 5.01. The number of carbonyl (C=O) groups is 1. The molecule has 3 saturated heterocycles. The monoisotopic (exact) mass is 254 g/mol. The molecule has 1 spiro atoms. The van der Waals surface area contributed by atoms with E-state index in [0.29, 0.717) is 0 Å². The second-order valence-electron chi connectivity index (χ2n) is 5.54. The maximum absolute atomic E-state index is 12.2. The van der Waals surface area contributed by atoms with Gasteiger partial charge in [-0.2, -0.15) is 0 Å². The summed E-state index contributed by atoms with van der Waals surface area (Å²) in [4.78, 5) is 14.2. The van der Waals surface area contributed by atoms with E-state index in [9.17, 15) is 4.79 Å². The Balaban J connectivity index is 1.54. The molecule has 5 nitrogen and oxygen atoms in total. The molecule has 18 heavy (non-hydrogen) atoms. The van der Waals surface area contributed by atoms with Gasteiger partial charge in [0.25, 0.3) is 5.91 Å². The Morgan fingerprint density at radius 1 is 1.28 bits per heavy atom. The van der Waals surface area contributed by atoms with Gasteiger partial charge in [-0.25, -0.2) is 0 Å². The molecule has 3 rings (SSSR count). The molecule has 0 radical (unpaired) electrons. The average molecular weight is 254 g/mol. The molecule has 1 amide bonds. The zero-order valence-corrected chi connectivity index (χ0v) is 10.8. The largest absolute Gasteiger partial charge is 0.372 e. The number of morpholine rings is 1. The summed E-state index contributed by atoms with van der Waals surface area (Å²) < 4.78 is 11.4. The maximum Gasteiger partial charge on any atom is 0.251 e. The van der Waals surface area contributed by atoms with E-state index in [1.807, 2.05) is 4.90 Å². The SMILES string of the molecule is O=C([C@@H]1CCCO1)N1CCC2(CC1)CNCCO2. The van der Waals surface area contributed by atoms with E-state index in [1.165, 1.54) is 0 Å². The zero-order valence-electron chi connectivity index (χ0n) is 10.8. The van der Waals surface area contributed by atoms with Gasteiger partial charge in [-0.15, -0.1) is 0 Å². The lowest BCUT2D eigenvalue weighted by Crippen LogP contribution is -2.57. The van der Waals surface area contributed by atoms with E-state index in [2.05, 4.69) is 5.32 Å². The minimum Gasteiger partial charge on any atom is -0.372 e. The highest BCUT2D eigenvalue weighted by atomic mass is 16.5. The summed E-state index contributed by atoms with van der Waals surface area (Å²) in [5.41, 5.74) is -0.0223. The first kappa shape index (κ1) is 12.4. The molecule has 0 unspecified atom stereocenters. The Kier molecular flexibility index (Phi) is 3.54. The highest BCUT2D eigenvalue weighted by Crippen LogP contribution is 2.28. The average Bonchev–Trinajstić information content (AvgIpc) is 2.94. The van der Waals surface area contributed by atoms with Crippen molar-refractivity contribution in [2.24, 2.45) is 0 Å². The Labute approximate surface area is 108 Å². The van der Waals surface area contributed by atoms with Crippen molar-refractivity contribution in [3.8, 4) is 0 Å². The van der Waals surface area contributed by atoms with Crippen molar-refractivity contribution in [3.05, 3.63) is 0 Å². The molecule has 102 valence electrons. The fourth-order valence-electron chi connectivity index (χ4n) is 3.14. The van der Waals surface area contributed by atoms with E-state index >= 15 is 0 Å². The first-order valence-corrected chi connectivity index (χ1v) is 7.04. The molecular formula is C13H22N2O3. The summed E-state index contributed by atoms with van der Waals surface area (Å²) in [5.74, 6) is 0.186. The van der Waals surface area contributed by atoms with Crippen LogP contribution in [0.5, 0.6) is 0 Å². The summed E-state index contributed by atoms with van der Waals surface area (Å²) in [5, 5.41) is 3.39. The Bertz CT molecular complexity index is 299. The highest BCUT2D eigenvalue weighted by molar-refractivity contribution is 5.81. The molecule has 0 aromatic rings. The summed E-state index contributed by atoms with van der Waals surface area (Å²) >= 11 is 0. The van der Waals surface area contributed by atoms with Crippen LogP contribution in [0.2, 0.25) is 0 Å². The van der Waals surface area contributed by atoms with Gasteiger partial charge in [0.15, 0.2) is 0 Å². The van der Waals surface area contributed by atoms with Gasteiger partial charge in [0.2, 0.25) is 0 Å². The third kappa shape index (κ3) is 2.39. The van der Waals surface area contributed by atoms with Gasteiger partial charge in [-0.1, -0.05) is 0 Å². The van der Waals surface area contributed by atoms with Gasteiger partial charge < -0.3 is 19.7 Å². The molecule has 0 bridgehead atoms. The molecule has 3 heterocycles. The summed E-state index contributed by atoms with van der Waals surface area (Å²) in [7, 11) is 0. The molecular weight excluding hydrogens is 232 g/mol. The fraction of sp³-hybridized carbons (Fsp3) is 0.923. The second-order valence-corrected chi connectivity index (χ2v) is 5.54. The normalized spacial score (nSPS) is 31.8. The van der Waals surface area contributed by atoms with Crippen molar-refractivity contribution in [2.45, 2.75) is 37.4 Å². The van der Waals surface area contributed by atoms with Gasteiger partial charge >= 0.3 is 0 Å². The number of amides is 1. The van der Waals surface area contributed by atoms with Crippen LogP contribution in [0.1, 0.15) is 25.7 Å². The third-order valence-corrected chi connectivity index (χ3v) is 4.33. The van der Waals surface area contributed by atoms with Crippen molar-refractivity contribution < 1.29 is 14.3 Å². The van der Waals surface area contributed by atoms with Crippen molar-refractivity contribution in [1.82, 2.24) is 10.2 Å². The molecule has 3 fully saturated rings. The topological polar surface area (TPSA) is 50.8 Å². The number of piperidine rings is 1. The number of hydrogen-bond donors (Lipinski definition) is 1. The van der Waals surface area contributed by atoms with E-state index in [1.54, 1.807) is 0 Å². The molecule has 0 aromatic heterocycles. The second kappa shape index (κ2) is 5.15. The van der Waals surface area contributed by atoms with Crippen LogP contribution in [-0.2, 0) is 14.3 Å². The number of hydrogen-bond acceptors (Lipinski definition) is 4. The van der Waals surface area contributed by atoms with E-state index in [-0.39, 0.29) is 17.6 Å². The van der Waals surface area contributed by atoms with Crippen LogP contribution in [0.4, 0.5) is 0 Å². The molecule has 0 saturated carbocycles. The molecule has 1 N–H and O–H groups in total. The third-order valence-electron chi connectivity index (χ3n) is 4.33. The standard InChI is InChI=1S/C13H22N2O3/c16-12(11-2-1-8-17-11)15-6-3-13(4-7-15)10-14-5-9-18-13/h11,14H,1-10H2/t11-/m0/s1. The van der Waals surface area contributed by atoms with E-state index in [0.717, 1.165) is 65.1 Å². The first-order valence-electron chi connectivity index (χ1n) is 7.04. The van der Waals surface area contributed by atoms with Crippen LogP contribution >= 0.6 is 0 Å². The Morgan fingerprint density at radius 3 is 2.72 bits per heavy atom. The minimum atomic E-state index is -0.176. The first-order chi connectivity index (χ1) is 8.79. The highest BCUT2D eigenvalue weighted by Gasteiger charge is 2.39. The number of likely N-dealkylation sites (tertiary alicyclic amines) is 1. The lowest BCUT2D eigenvalue weighted by atomic mass is 9.90. The Morgan fingerprint density at radius 2 is 2.11 bits per heavy atom. The number of carbonyl (C=O) groups excluding carboxylic acids is 1. The van der Waals surface area contributed by atoms with Crippen LogP contribution in [0.15, 0.2) is 0 Å². The van der Waals surface area contributed by atoms with Gasteiger partial charge in [0.1, 0.15) is 6.10 Å². The van der Waals surface area contributed by atoms with Crippen LogP contribution in [0, 0.1) is 0 Å². The summed E-state index contributed by atoms with van der Waals surface area (Å²) in [6, 6.07) is 0. The summed E-state index contributed by atoms with van der Waals surface area (Å²) in [6.07, 6.45) is 3.61. The van der Waals surface area contributed by atoms with Gasteiger partial charge in [0.05, 0.1) is 12.2 Å². The number of rotatable bonds is 1. The number of nitrogens with zero attached hydrogens (tertiary/aromatic N) is 1. The maximum atomic E-state index is 12.2.